The first-order valence-corrected chi connectivity index (χ1v) is 22.3. The average Bonchev–Trinajstić information content (AvgIpc) is 4.04. The van der Waals surface area contributed by atoms with E-state index in [-0.39, 0.29) is 25.5 Å². The van der Waals surface area contributed by atoms with Crippen molar-refractivity contribution < 1.29 is 37.1 Å². The van der Waals surface area contributed by atoms with Crippen molar-refractivity contribution >= 4 is 50.4 Å². The molecule has 4 amide bonds. The SMILES string of the molecule is O=C(N[C@H]1CCCCCC=C[C@@H]2C[C@@]2(C(=O)NS(=O)(=O)C2CC2)NC(=O)[C@@H]2C[C@@H](Oc3cc(-c4ccncc4)nc4c5ccccc5nn34)CN2C1=O)OC1CCCC1. The zero-order valence-corrected chi connectivity index (χ0v) is 33.4. The van der Waals surface area contributed by atoms with Gasteiger partial charge in [-0.25, -0.2) is 18.2 Å². The number of nitrogens with one attached hydrogen (secondary N) is 3. The summed E-state index contributed by atoms with van der Waals surface area (Å²) in [5, 5.41) is 10.7. The Balaban J connectivity index is 1.05. The maximum Gasteiger partial charge on any atom is 0.408 e. The molecule has 3 aliphatic carbocycles. The Labute approximate surface area is 341 Å². The molecule has 5 atom stereocenters. The van der Waals surface area contributed by atoms with Gasteiger partial charge in [-0.05, 0) is 88.5 Å². The van der Waals surface area contributed by atoms with Crippen LogP contribution in [0.2, 0.25) is 0 Å². The van der Waals surface area contributed by atoms with Gasteiger partial charge in [0.15, 0.2) is 5.65 Å². The van der Waals surface area contributed by atoms with E-state index in [2.05, 4.69) is 20.3 Å². The van der Waals surface area contributed by atoms with Gasteiger partial charge in [0.05, 0.1) is 23.0 Å². The summed E-state index contributed by atoms with van der Waals surface area (Å²) in [4.78, 5) is 66.9. The number of carbonyl (C=O) groups excluding carboxylic acids is 4. The summed E-state index contributed by atoms with van der Waals surface area (Å²) in [5.74, 6) is -1.99. The Bertz CT molecular complexity index is 2410. The van der Waals surface area contributed by atoms with Gasteiger partial charge in [0.1, 0.15) is 29.8 Å². The third-order valence-electron chi connectivity index (χ3n) is 12.2. The minimum atomic E-state index is -3.91. The molecule has 310 valence electrons. The van der Waals surface area contributed by atoms with Gasteiger partial charge in [-0.15, -0.1) is 0 Å². The molecule has 1 saturated heterocycles. The number of carbonyl (C=O) groups is 4. The lowest BCUT2D eigenvalue weighted by Crippen LogP contribution is -2.58. The molecule has 0 unspecified atom stereocenters. The first kappa shape index (κ1) is 38.9. The molecule has 0 bridgehead atoms. The average molecular weight is 825 g/mol. The van der Waals surface area contributed by atoms with E-state index in [9.17, 15) is 27.6 Å². The lowest BCUT2D eigenvalue weighted by Gasteiger charge is -2.30. The van der Waals surface area contributed by atoms with Crippen molar-refractivity contribution in [3.63, 3.8) is 0 Å². The van der Waals surface area contributed by atoms with E-state index in [0.29, 0.717) is 54.8 Å². The molecule has 5 heterocycles. The van der Waals surface area contributed by atoms with Crippen molar-refractivity contribution in [3.05, 3.63) is 67.0 Å². The van der Waals surface area contributed by atoms with Gasteiger partial charge < -0.3 is 25.0 Å². The fourth-order valence-electron chi connectivity index (χ4n) is 8.71. The van der Waals surface area contributed by atoms with Crippen LogP contribution in [-0.4, -0.2) is 98.3 Å². The van der Waals surface area contributed by atoms with Crippen LogP contribution in [-0.2, 0) is 29.1 Å². The summed E-state index contributed by atoms with van der Waals surface area (Å²) < 4.78 is 42.2. The lowest BCUT2D eigenvalue weighted by atomic mass is 10.0. The number of pyridine rings is 1. The fourth-order valence-corrected chi connectivity index (χ4v) is 10.1. The second-order valence-corrected chi connectivity index (χ2v) is 18.4. The summed E-state index contributed by atoms with van der Waals surface area (Å²) in [6, 6.07) is 10.9. The molecule has 2 aliphatic heterocycles. The molecule has 16 nitrogen and oxygen atoms in total. The van der Waals surface area contributed by atoms with Gasteiger partial charge in [0.2, 0.25) is 27.7 Å². The Morgan fingerprint density at radius 1 is 0.932 bits per heavy atom. The number of sulfonamides is 1. The maximum absolute atomic E-state index is 14.7. The standard InChI is InChI=1S/C42H48N8O8S/c51-38-35-22-29(57-36-23-34(26-18-20-43-21-19-26)44-37-31-13-8-9-14-32(31)47-50(36)37)25-49(35)39(52)33(45-41(54)58-28-11-6-7-12-28)15-5-3-1-2-4-10-27-24-42(27,46-38)40(53)48-59(55,56)30-16-17-30/h4,8-10,13-14,18-21,23,27-30,33,35H,1-3,5-7,11-12,15-17,22,24-25H2,(H,45,54)(H,46,51)(H,48,53)/t27-,29-,33+,35+,42-/m1/s1. The molecule has 59 heavy (non-hydrogen) atoms. The molecule has 3 N–H and O–H groups in total. The van der Waals surface area contributed by atoms with Crippen molar-refractivity contribution in [1.29, 1.82) is 0 Å². The third kappa shape index (κ3) is 8.08. The van der Waals surface area contributed by atoms with Crippen molar-refractivity contribution in [2.75, 3.05) is 6.54 Å². The van der Waals surface area contributed by atoms with Crippen molar-refractivity contribution in [1.82, 2.24) is 39.8 Å². The molecule has 0 radical (unpaired) electrons. The predicted octanol–water partition coefficient (Wildman–Crippen LogP) is 4.33. The third-order valence-corrected chi connectivity index (χ3v) is 14.0. The normalized spacial score (nSPS) is 26.7. The summed E-state index contributed by atoms with van der Waals surface area (Å²) in [7, 11) is -3.91. The van der Waals surface area contributed by atoms with E-state index in [1.807, 2.05) is 48.6 Å². The molecule has 4 aromatic rings. The van der Waals surface area contributed by atoms with Crippen LogP contribution in [0.15, 0.2) is 67.0 Å². The number of allylic oxidation sites excluding steroid dienone is 1. The van der Waals surface area contributed by atoms with Crippen LogP contribution in [0.4, 0.5) is 4.79 Å². The monoisotopic (exact) mass is 824 g/mol. The summed E-state index contributed by atoms with van der Waals surface area (Å²) in [6.45, 7) is -0.0272. The van der Waals surface area contributed by atoms with E-state index < -0.39 is 68.7 Å². The van der Waals surface area contributed by atoms with Crippen LogP contribution in [0.1, 0.15) is 83.5 Å². The van der Waals surface area contributed by atoms with Crippen molar-refractivity contribution in [2.45, 2.75) is 119 Å². The smallest absolute Gasteiger partial charge is 0.408 e. The van der Waals surface area contributed by atoms with Gasteiger partial charge >= 0.3 is 6.09 Å². The largest absolute Gasteiger partial charge is 0.472 e. The second-order valence-electron chi connectivity index (χ2n) is 16.5. The number of hydrogen-bond acceptors (Lipinski definition) is 11. The van der Waals surface area contributed by atoms with Gasteiger partial charge in [0, 0.05) is 41.7 Å². The number of alkyl carbamates (subject to hydrolysis) is 1. The lowest BCUT2D eigenvalue weighted by molar-refractivity contribution is -0.141. The highest BCUT2D eigenvalue weighted by Gasteiger charge is 2.62. The van der Waals surface area contributed by atoms with E-state index in [1.54, 1.807) is 23.0 Å². The first-order chi connectivity index (χ1) is 28.6. The van der Waals surface area contributed by atoms with Crippen LogP contribution in [0.25, 0.3) is 27.8 Å². The van der Waals surface area contributed by atoms with Gasteiger partial charge in [-0.1, -0.05) is 37.1 Å². The molecule has 1 aromatic carbocycles. The van der Waals surface area contributed by atoms with Crippen LogP contribution < -0.4 is 20.1 Å². The van der Waals surface area contributed by atoms with E-state index >= 15 is 0 Å². The number of rotatable bonds is 8. The van der Waals surface area contributed by atoms with E-state index in [0.717, 1.165) is 49.5 Å². The predicted molar refractivity (Wildman–Crippen MR) is 215 cm³/mol. The van der Waals surface area contributed by atoms with E-state index in [4.69, 9.17) is 19.6 Å². The highest BCUT2D eigenvalue weighted by atomic mass is 32.2. The Morgan fingerprint density at radius 3 is 2.51 bits per heavy atom. The summed E-state index contributed by atoms with van der Waals surface area (Å²) in [5.41, 5.74) is 1.14. The molecular weight excluding hydrogens is 777 g/mol. The number of nitrogens with zero attached hydrogens (tertiary/aromatic N) is 5. The Hall–Kier alpha value is -5.58. The molecule has 5 aliphatic rings. The zero-order valence-electron chi connectivity index (χ0n) is 32.6. The minimum Gasteiger partial charge on any atom is -0.472 e. The van der Waals surface area contributed by atoms with Crippen molar-refractivity contribution in [3.8, 4) is 17.1 Å². The highest BCUT2D eigenvalue weighted by Crippen LogP contribution is 2.46. The highest BCUT2D eigenvalue weighted by molar-refractivity contribution is 7.91. The number of ether oxygens (including phenoxy) is 2. The molecular formula is C42H48N8O8S. The number of fused-ring (bicyclic) bond motifs is 5. The van der Waals surface area contributed by atoms with Gasteiger partial charge in [-0.3, -0.25) is 24.1 Å². The van der Waals surface area contributed by atoms with Gasteiger partial charge in [-0.2, -0.15) is 9.61 Å². The molecule has 0 spiro atoms. The second kappa shape index (κ2) is 15.9. The summed E-state index contributed by atoms with van der Waals surface area (Å²) >= 11 is 0. The molecule has 9 rings (SSSR count). The molecule has 4 fully saturated rings. The molecule has 3 aromatic heterocycles. The van der Waals surface area contributed by atoms with Crippen LogP contribution >= 0.6 is 0 Å². The van der Waals surface area contributed by atoms with Crippen molar-refractivity contribution in [2.24, 2.45) is 5.92 Å². The quantitative estimate of drug-likeness (QED) is 0.214. The van der Waals surface area contributed by atoms with Gasteiger partial charge in [0.25, 0.3) is 5.91 Å². The summed E-state index contributed by atoms with van der Waals surface area (Å²) in [6.07, 6.45) is 13.4. The Morgan fingerprint density at radius 2 is 1.71 bits per heavy atom. The number of hydrogen-bond donors (Lipinski definition) is 3. The topological polar surface area (TPSA) is 203 Å². The number of aromatic nitrogens is 4. The number of benzene rings is 1. The maximum atomic E-state index is 14.7. The molecule has 3 saturated carbocycles. The first-order valence-electron chi connectivity index (χ1n) is 20.8. The van der Waals surface area contributed by atoms with Crippen LogP contribution in [0, 0.1) is 5.92 Å². The van der Waals surface area contributed by atoms with E-state index in [1.165, 1.54) is 4.90 Å². The zero-order chi connectivity index (χ0) is 40.7. The number of amides is 4. The fraction of sp³-hybridized carbons (Fsp3) is 0.500. The molecule has 17 heteroatoms. The van der Waals surface area contributed by atoms with Crippen LogP contribution in [0.3, 0.4) is 0 Å². The van der Waals surface area contributed by atoms with Crippen LogP contribution in [0.5, 0.6) is 5.88 Å². The Kier molecular flexibility index (Phi) is 10.5. The minimum absolute atomic E-state index is 0.0272.